The average Bonchev–Trinajstić information content (AvgIpc) is 2.82. The van der Waals surface area contributed by atoms with Crippen LogP contribution in [0.2, 0.25) is 0 Å². The van der Waals surface area contributed by atoms with Gasteiger partial charge in [-0.2, -0.15) is 0 Å². The standard InChI is InChI=1S/C18H26N2O4/c1-14-5-12-24-15(14)16(21)19-8-4-9-20(11-10-19)17(22)18(13-23-2)6-3-7-18/h5,12H,3-4,6-11,13H2,1-2H3. The third-order valence-electron chi connectivity index (χ3n) is 5.31. The van der Waals surface area contributed by atoms with E-state index in [1.54, 1.807) is 24.3 Å². The third kappa shape index (κ3) is 3.07. The number of methoxy groups -OCH3 is 1. The van der Waals surface area contributed by atoms with Crippen molar-refractivity contribution in [1.82, 2.24) is 9.80 Å². The Morgan fingerprint density at radius 3 is 2.46 bits per heavy atom. The van der Waals surface area contributed by atoms with E-state index in [0.29, 0.717) is 38.5 Å². The fraction of sp³-hybridized carbons (Fsp3) is 0.667. The fourth-order valence-electron chi connectivity index (χ4n) is 3.69. The van der Waals surface area contributed by atoms with Crippen LogP contribution in [0, 0.1) is 12.3 Å². The zero-order valence-electron chi connectivity index (χ0n) is 14.5. The van der Waals surface area contributed by atoms with Crippen LogP contribution < -0.4 is 0 Å². The van der Waals surface area contributed by atoms with Crippen molar-refractivity contribution in [3.63, 3.8) is 0 Å². The van der Waals surface area contributed by atoms with Crippen molar-refractivity contribution in [3.05, 3.63) is 23.7 Å². The number of furan rings is 1. The Bertz CT molecular complexity index is 606. The highest BCUT2D eigenvalue weighted by Crippen LogP contribution is 2.42. The molecule has 0 aromatic carbocycles. The summed E-state index contributed by atoms with van der Waals surface area (Å²) in [5.41, 5.74) is 0.525. The molecule has 0 N–H and O–H groups in total. The Kier molecular flexibility index (Phi) is 4.94. The number of aryl methyl sites for hydroxylation is 1. The summed E-state index contributed by atoms with van der Waals surface area (Å²) in [7, 11) is 1.65. The molecule has 0 spiro atoms. The molecule has 2 fully saturated rings. The summed E-state index contributed by atoms with van der Waals surface area (Å²) in [6, 6.07) is 1.80. The molecule has 1 aliphatic carbocycles. The number of ether oxygens (including phenoxy) is 1. The highest BCUT2D eigenvalue weighted by molar-refractivity contribution is 5.93. The lowest BCUT2D eigenvalue weighted by Crippen LogP contribution is -2.51. The molecule has 1 aromatic heterocycles. The van der Waals surface area contributed by atoms with Crippen LogP contribution >= 0.6 is 0 Å². The van der Waals surface area contributed by atoms with E-state index in [1.807, 2.05) is 11.8 Å². The van der Waals surface area contributed by atoms with Crippen molar-refractivity contribution in [2.45, 2.75) is 32.6 Å². The number of carbonyl (C=O) groups excluding carboxylic acids is 2. The second kappa shape index (κ2) is 6.97. The zero-order chi connectivity index (χ0) is 17.2. The summed E-state index contributed by atoms with van der Waals surface area (Å²) in [6.45, 7) is 4.85. The van der Waals surface area contributed by atoms with E-state index in [0.717, 1.165) is 31.2 Å². The van der Waals surface area contributed by atoms with Crippen LogP contribution in [0.1, 0.15) is 41.8 Å². The Morgan fingerprint density at radius 1 is 1.17 bits per heavy atom. The highest BCUT2D eigenvalue weighted by atomic mass is 16.5. The van der Waals surface area contributed by atoms with Crippen LogP contribution in [0.15, 0.2) is 16.7 Å². The number of carbonyl (C=O) groups is 2. The maximum Gasteiger partial charge on any atom is 0.289 e. The molecular formula is C18H26N2O4. The van der Waals surface area contributed by atoms with Crippen molar-refractivity contribution in [1.29, 1.82) is 0 Å². The monoisotopic (exact) mass is 334 g/mol. The number of nitrogens with zero attached hydrogens (tertiary/aromatic N) is 2. The average molecular weight is 334 g/mol. The summed E-state index contributed by atoms with van der Waals surface area (Å²) in [4.78, 5) is 29.2. The summed E-state index contributed by atoms with van der Waals surface area (Å²) >= 11 is 0. The smallest absolute Gasteiger partial charge is 0.289 e. The largest absolute Gasteiger partial charge is 0.459 e. The number of hydrogen-bond acceptors (Lipinski definition) is 4. The molecule has 2 amide bonds. The zero-order valence-corrected chi connectivity index (χ0v) is 14.5. The lowest BCUT2D eigenvalue weighted by atomic mass is 9.68. The van der Waals surface area contributed by atoms with Gasteiger partial charge < -0.3 is 19.0 Å². The molecule has 2 heterocycles. The quantitative estimate of drug-likeness (QED) is 0.846. The fourth-order valence-corrected chi connectivity index (χ4v) is 3.69. The SMILES string of the molecule is COCC1(C(=O)N2CCCN(C(=O)c3occc3C)CC2)CCC1. The van der Waals surface area contributed by atoms with E-state index in [-0.39, 0.29) is 17.2 Å². The molecule has 132 valence electrons. The first-order valence-corrected chi connectivity index (χ1v) is 8.69. The van der Waals surface area contributed by atoms with Crippen LogP contribution in [0.25, 0.3) is 0 Å². The lowest BCUT2D eigenvalue weighted by molar-refractivity contribution is -0.152. The second-order valence-electron chi connectivity index (χ2n) is 6.94. The van der Waals surface area contributed by atoms with Crippen molar-refractivity contribution >= 4 is 11.8 Å². The van der Waals surface area contributed by atoms with Gasteiger partial charge in [0.1, 0.15) is 0 Å². The summed E-state index contributed by atoms with van der Waals surface area (Å²) in [6.07, 6.45) is 5.24. The predicted molar refractivity (Wildman–Crippen MR) is 88.7 cm³/mol. The maximum absolute atomic E-state index is 12.9. The lowest BCUT2D eigenvalue weighted by Gasteiger charge is -2.42. The predicted octanol–water partition coefficient (Wildman–Crippen LogP) is 2.08. The van der Waals surface area contributed by atoms with Gasteiger partial charge in [0.25, 0.3) is 5.91 Å². The molecule has 6 heteroatoms. The number of hydrogen-bond donors (Lipinski definition) is 0. The first-order valence-electron chi connectivity index (χ1n) is 8.69. The highest BCUT2D eigenvalue weighted by Gasteiger charge is 2.46. The summed E-state index contributed by atoms with van der Waals surface area (Å²) in [5.74, 6) is 0.519. The third-order valence-corrected chi connectivity index (χ3v) is 5.31. The van der Waals surface area contributed by atoms with Gasteiger partial charge in [-0.15, -0.1) is 0 Å². The molecule has 0 unspecified atom stereocenters. The van der Waals surface area contributed by atoms with Gasteiger partial charge in [-0.05, 0) is 32.3 Å². The molecular weight excluding hydrogens is 308 g/mol. The van der Waals surface area contributed by atoms with Gasteiger partial charge >= 0.3 is 0 Å². The minimum absolute atomic E-state index is 0.0814. The van der Waals surface area contributed by atoms with Crippen LogP contribution in [-0.4, -0.2) is 61.5 Å². The van der Waals surface area contributed by atoms with Crippen molar-refractivity contribution < 1.29 is 18.7 Å². The van der Waals surface area contributed by atoms with E-state index in [9.17, 15) is 9.59 Å². The topological polar surface area (TPSA) is 63.0 Å². The maximum atomic E-state index is 12.9. The Morgan fingerprint density at radius 2 is 1.88 bits per heavy atom. The van der Waals surface area contributed by atoms with E-state index >= 15 is 0 Å². The molecule has 3 rings (SSSR count). The van der Waals surface area contributed by atoms with E-state index < -0.39 is 0 Å². The normalized spacial score (nSPS) is 20.4. The summed E-state index contributed by atoms with van der Waals surface area (Å²) in [5, 5.41) is 0. The molecule has 2 aliphatic rings. The van der Waals surface area contributed by atoms with Gasteiger partial charge in [-0.25, -0.2) is 0 Å². The molecule has 1 aromatic rings. The molecule has 6 nitrogen and oxygen atoms in total. The number of rotatable bonds is 4. The Hall–Kier alpha value is -1.82. The van der Waals surface area contributed by atoms with Crippen LogP contribution in [-0.2, 0) is 9.53 Å². The number of amides is 2. The minimum atomic E-state index is -0.328. The molecule has 1 saturated heterocycles. The minimum Gasteiger partial charge on any atom is -0.459 e. The molecule has 0 atom stereocenters. The molecule has 0 radical (unpaired) electrons. The van der Waals surface area contributed by atoms with Gasteiger partial charge in [0, 0.05) is 38.9 Å². The Balaban J connectivity index is 1.64. The van der Waals surface area contributed by atoms with Crippen LogP contribution in [0.5, 0.6) is 0 Å². The van der Waals surface area contributed by atoms with Crippen molar-refractivity contribution in [3.8, 4) is 0 Å². The molecule has 24 heavy (non-hydrogen) atoms. The molecule has 1 saturated carbocycles. The van der Waals surface area contributed by atoms with Gasteiger partial charge in [-0.1, -0.05) is 6.42 Å². The van der Waals surface area contributed by atoms with E-state index in [4.69, 9.17) is 9.15 Å². The molecule has 0 bridgehead atoms. The van der Waals surface area contributed by atoms with Gasteiger partial charge in [-0.3, -0.25) is 9.59 Å². The molecule has 1 aliphatic heterocycles. The van der Waals surface area contributed by atoms with Gasteiger partial charge in [0.15, 0.2) is 5.76 Å². The van der Waals surface area contributed by atoms with Crippen molar-refractivity contribution in [2.24, 2.45) is 5.41 Å². The Labute approximate surface area is 142 Å². The van der Waals surface area contributed by atoms with Crippen LogP contribution in [0.3, 0.4) is 0 Å². The second-order valence-corrected chi connectivity index (χ2v) is 6.94. The van der Waals surface area contributed by atoms with Gasteiger partial charge in [0.2, 0.25) is 5.91 Å². The van der Waals surface area contributed by atoms with Crippen LogP contribution in [0.4, 0.5) is 0 Å². The van der Waals surface area contributed by atoms with E-state index in [2.05, 4.69) is 0 Å². The first kappa shape index (κ1) is 17.0. The first-order chi connectivity index (χ1) is 11.6. The van der Waals surface area contributed by atoms with Crippen molar-refractivity contribution in [2.75, 3.05) is 39.9 Å². The summed E-state index contributed by atoms with van der Waals surface area (Å²) < 4.78 is 10.6. The van der Waals surface area contributed by atoms with E-state index in [1.165, 1.54) is 0 Å². The van der Waals surface area contributed by atoms with Gasteiger partial charge in [0.05, 0.1) is 18.3 Å².